The number of ketones is 1. The fraction of sp³-hybridized carbons (Fsp3) is 0.0500. The molecule has 3 aromatic rings. The Balaban J connectivity index is 1.78. The highest BCUT2D eigenvalue weighted by Crippen LogP contribution is 2.31. The van der Waals surface area contributed by atoms with Crippen LogP contribution in [-0.4, -0.2) is 12.9 Å². The van der Waals surface area contributed by atoms with E-state index in [0.717, 1.165) is 15.8 Å². The maximum absolute atomic E-state index is 12.1. The predicted molar refractivity (Wildman–Crippen MR) is 98.2 cm³/mol. The number of hydrogen-bond donors (Lipinski definition) is 0. The maximum atomic E-state index is 12.1. The number of halogens is 1. The minimum absolute atomic E-state index is 0.0715. The van der Waals surface area contributed by atoms with Crippen molar-refractivity contribution >= 4 is 27.8 Å². The highest BCUT2D eigenvalue weighted by atomic mass is 79.9. The summed E-state index contributed by atoms with van der Waals surface area (Å²) in [6.07, 6.45) is 3.18. The Morgan fingerprint density at radius 3 is 2.54 bits per heavy atom. The zero-order valence-corrected chi connectivity index (χ0v) is 14.6. The van der Waals surface area contributed by atoms with Crippen molar-refractivity contribution in [2.45, 2.75) is 0 Å². The Morgan fingerprint density at radius 2 is 1.79 bits per heavy atom. The molecule has 24 heavy (non-hydrogen) atoms. The molecule has 0 unspecified atom stereocenters. The number of hydrogen-bond acceptors (Lipinski definition) is 3. The summed E-state index contributed by atoms with van der Waals surface area (Å²) in [6, 6.07) is 18.6. The lowest BCUT2D eigenvalue weighted by atomic mass is 10.1. The molecule has 0 atom stereocenters. The molecule has 0 spiro atoms. The third-order valence-corrected chi connectivity index (χ3v) is 4.06. The van der Waals surface area contributed by atoms with E-state index in [0.29, 0.717) is 17.1 Å². The average Bonchev–Trinajstić information content (AvgIpc) is 3.09. The van der Waals surface area contributed by atoms with Crippen molar-refractivity contribution < 1.29 is 13.9 Å². The van der Waals surface area contributed by atoms with E-state index < -0.39 is 0 Å². The van der Waals surface area contributed by atoms with E-state index in [9.17, 15) is 4.79 Å². The molecule has 1 heterocycles. The molecule has 2 aromatic carbocycles. The normalized spacial score (nSPS) is 10.9. The third-order valence-electron chi connectivity index (χ3n) is 3.53. The van der Waals surface area contributed by atoms with Gasteiger partial charge in [0.1, 0.15) is 17.3 Å². The summed E-state index contributed by atoms with van der Waals surface area (Å²) in [5.41, 5.74) is 1.50. The van der Waals surface area contributed by atoms with Gasteiger partial charge in [-0.15, -0.1) is 0 Å². The van der Waals surface area contributed by atoms with Crippen LogP contribution < -0.4 is 4.74 Å². The van der Waals surface area contributed by atoms with E-state index in [1.807, 2.05) is 48.5 Å². The Morgan fingerprint density at radius 1 is 1.04 bits per heavy atom. The zero-order valence-electron chi connectivity index (χ0n) is 13.0. The van der Waals surface area contributed by atoms with E-state index >= 15 is 0 Å². The molecule has 0 aliphatic carbocycles. The standard InChI is InChI=1S/C20H15BrO3/c1-23-19-5-3-2-4-17(19)20-13-11-16(24-20)10-12-18(22)14-6-8-15(21)9-7-14/h2-13H,1H3. The quantitative estimate of drug-likeness (QED) is 0.424. The van der Waals surface area contributed by atoms with Gasteiger partial charge in [-0.1, -0.05) is 28.1 Å². The smallest absolute Gasteiger partial charge is 0.185 e. The highest BCUT2D eigenvalue weighted by molar-refractivity contribution is 9.10. The van der Waals surface area contributed by atoms with Crippen molar-refractivity contribution in [1.29, 1.82) is 0 Å². The summed E-state index contributed by atoms with van der Waals surface area (Å²) in [5, 5.41) is 0. The van der Waals surface area contributed by atoms with Gasteiger partial charge >= 0.3 is 0 Å². The molecule has 0 N–H and O–H groups in total. The van der Waals surface area contributed by atoms with Crippen molar-refractivity contribution in [2.75, 3.05) is 7.11 Å². The predicted octanol–water partition coefficient (Wildman–Crippen LogP) is 5.61. The molecule has 0 fully saturated rings. The Kier molecular flexibility index (Phi) is 4.96. The first-order valence-electron chi connectivity index (χ1n) is 7.38. The van der Waals surface area contributed by atoms with Crippen LogP contribution in [-0.2, 0) is 0 Å². The van der Waals surface area contributed by atoms with Crippen molar-refractivity contribution in [1.82, 2.24) is 0 Å². The number of carbonyl (C=O) groups is 1. The minimum atomic E-state index is -0.0715. The number of benzene rings is 2. The fourth-order valence-corrected chi connectivity index (χ4v) is 2.57. The molecule has 4 heteroatoms. The molecule has 0 bridgehead atoms. The van der Waals surface area contributed by atoms with Crippen LogP contribution in [0.4, 0.5) is 0 Å². The van der Waals surface area contributed by atoms with Crippen LogP contribution in [0.5, 0.6) is 5.75 Å². The van der Waals surface area contributed by atoms with Crippen LogP contribution in [0, 0.1) is 0 Å². The molecule has 3 rings (SSSR count). The zero-order chi connectivity index (χ0) is 16.9. The van der Waals surface area contributed by atoms with Crippen LogP contribution >= 0.6 is 15.9 Å². The minimum Gasteiger partial charge on any atom is -0.496 e. The van der Waals surface area contributed by atoms with Gasteiger partial charge in [-0.3, -0.25) is 4.79 Å². The molecular weight excluding hydrogens is 368 g/mol. The number of furan rings is 1. The van der Waals surface area contributed by atoms with E-state index in [2.05, 4.69) is 15.9 Å². The third kappa shape index (κ3) is 3.66. The van der Waals surface area contributed by atoms with Gasteiger partial charge in [0.15, 0.2) is 5.78 Å². The second-order valence-electron chi connectivity index (χ2n) is 5.11. The summed E-state index contributed by atoms with van der Waals surface area (Å²) in [4.78, 5) is 12.1. The van der Waals surface area contributed by atoms with Gasteiger partial charge in [0.2, 0.25) is 0 Å². The number of ether oxygens (including phenoxy) is 1. The van der Waals surface area contributed by atoms with E-state index in [-0.39, 0.29) is 5.78 Å². The van der Waals surface area contributed by atoms with Crippen molar-refractivity contribution in [3.63, 3.8) is 0 Å². The number of methoxy groups -OCH3 is 1. The Labute approximate surface area is 148 Å². The summed E-state index contributed by atoms with van der Waals surface area (Å²) >= 11 is 3.35. The highest BCUT2D eigenvalue weighted by Gasteiger charge is 2.09. The van der Waals surface area contributed by atoms with Crippen LogP contribution in [0.25, 0.3) is 17.4 Å². The molecule has 0 saturated heterocycles. The SMILES string of the molecule is COc1ccccc1-c1ccc(C=CC(=O)c2ccc(Br)cc2)o1. The van der Waals surface area contributed by atoms with Crippen molar-refractivity contribution in [3.8, 4) is 17.1 Å². The molecular formula is C20H15BrO3. The van der Waals surface area contributed by atoms with E-state index in [4.69, 9.17) is 9.15 Å². The van der Waals surface area contributed by atoms with Gasteiger partial charge in [0.05, 0.1) is 12.7 Å². The van der Waals surface area contributed by atoms with Gasteiger partial charge in [-0.05, 0) is 60.7 Å². The lowest BCUT2D eigenvalue weighted by Crippen LogP contribution is -1.92. The number of allylic oxidation sites excluding steroid dienone is 1. The van der Waals surface area contributed by atoms with E-state index in [1.165, 1.54) is 6.08 Å². The molecule has 120 valence electrons. The second kappa shape index (κ2) is 7.32. The first kappa shape index (κ1) is 16.3. The van der Waals surface area contributed by atoms with E-state index in [1.54, 1.807) is 25.3 Å². The summed E-state index contributed by atoms with van der Waals surface area (Å²) in [7, 11) is 1.62. The summed E-state index contributed by atoms with van der Waals surface area (Å²) in [6.45, 7) is 0. The van der Waals surface area contributed by atoms with Crippen LogP contribution in [0.15, 0.2) is 75.6 Å². The topological polar surface area (TPSA) is 39.4 Å². The molecule has 0 aliphatic rings. The molecule has 0 aliphatic heterocycles. The first-order valence-corrected chi connectivity index (χ1v) is 8.18. The van der Waals surface area contributed by atoms with Gasteiger partial charge in [-0.25, -0.2) is 0 Å². The van der Waals surface area contributed by atoms with Crippen LogP contribution in [0.3, 0.4) is 0 Å². The lowest BCUT2D eigenvalue weighted by molar-refractivity contribution is 0.104. The fourth-order valence-electron chi connectivity index (χ4n) is 2.30. The lowest BCUT2D eigenvalue weighted by Gasteiger charge is -2.04. The second-order valence-corrected chi connectivity index (χ2v) is 6.02. The van der Waals surface area contributed by atoms with Gasteiger partial charge in [0, 0.05) is 10.0 Å². The molecule has 0 amide bonds. The molecule has 3 nitrogen and oxygen atoms in total. The number of carbonyl (C=O) groups excluding carboxylic acids is 1. The molecule has 0 radical (unpaired) electrons. The van der Waals surface area contributed by atoms with Crippen molar-refractivity contribution in [2.24, 2.45) is 0 Å². The Hall–Kier alpha value is -2.59. The van der Waals surface area contributed by atoms with Crippen LogP contribution in [0.2, 0.25) is 0 Å². The maximum Gasteiger partial charge on any atom is 0.185 e. The summed E-state index contributed by atoms with van der Waals surface area (Å²) < 4.78 is 12.1. The monoisotopic (exact) mass is 382 g/mol. The number of rotatable bonds is 5. The first-order chi connectivity index (χ1) is 11.7. The van der Waals surface area contributed by atoms with Crippen LogP contribution in [0.1, 0.15) is 16.1 Å². The van der Waals surface area contributed by atoms with Gasteiger partial charge < -0.3 is 9.15 Å². The summed E-state index contributed by atoms with van der Waals surface area (Å²) in [5.74, 6) is 1.98. The van der Waals surface area contributed by atoms with Gasteiger partial charge in [0.25, 0.3) is 0 Å². The molecule has 0 saturated carbocycles. The largest absolute Gasteiger partial charge is 0.496 e. The average molecular weight is 383 g/mol. The van der Waals surface area contributed by atoms with Gasteiger partial charge in [-0.2, -0.15) is 0 Å². The molecule has 1 aromatic heterocycles. The number of para-hydroxylation sites is 1. The van der Waals surface area contributed by atoms with Crippen molar-refractivity contribution in [3.05, 3.63) is 82.5 Å². The Bertz CT molecular complexity index is 876.